The topological polar surface area (TPSA) is 72.2 Å². The van der Waals surface area contributed by atoms with E-state index < -0.39 is 0 Å². The van der Waals surface area contributed by atoms with Crippen LogP contribution in [0.25, 0.3) is 11.0 Å². The molecule has 0 atom stereocenters. The Morgan fingerprint density at radius 1 is 0.938 bits per heavy atom. The molecule has 3 aromatic rings. The van der Waals surface area contributed by atoms with Gasteiger partial charge in [0.15, 0.2) is 0 Å². The lowest BCUT2D eigenvalue weighted by atomic mass is 10.0. The van der Waals surface area contributed by atoms with Crippen molar-refractivity contribution in [1.29, 1.82) is 0 Å². The van der Waals surface area contributed by atoms with Gasteiger partial charge in [0.2, 0.25) is 5.91 Å². The van der Waals surface area contributed by atoms with Crippen LogP contribution < -0.4 is 9.47 Å². The van der Waals surface area contributed by atoms with Crippen LogP contribution in [-0.2, 0) is 11.2 Å². The van der Waals surface area contributed by atoms with Crippen LogP contribution >= 0.6 is 0 Å². The fourth-order valence-corrected chi connectivity index (χ4v) is 4.05. The summed E-state index contributed by atoms with van der Waals surface area (Å²) in [6.07, 6.45) is 1.97. The predicted molar refractivity (Wildman–Crippen MR) is 121 cm³/mol. The summed E-state index contributed by atoms with van der Waals surface area (Å²) < 4.78 is 16.2. The van der Waals surface area contributed by atoms with Crippen molar-refractivity contribution in [3.63, 3.8) is 0 Å². The van der Waals surface area contributed by atoms with Gasteiger partial charge in [0, 0.05) is 43.2 Å². The van der Waals surface area contributed by atoms with Crippen molar-refractivity contribution in [2.24, 2.45) is 0 Å². The molecule has 0 aliphatic carbocycles. The number of aryl methyl sites for hydroxylation is 2. The zero-order valence-corrected chi connectivity index (χ0v) is 18.9. The van der Waals surface area contributed by atoms with Gasteiger partial charge in [0.1, 0.15) is 17.1 Å². The molecule has 0 bridgehead atoms. The Kier molecular flexibility index (Phi) is 6.08. The van der Waals surface area contributed by atoms with E-state index in [0.29, 0.717) is 43.2 Å². The van der Waals surface area contributed by atoms with Gasteiger partial charge in [-0.1, -0.05) is 0 Å². The molecule has 4 rings (SSSR count). The number of furan rings is 1. The molecule has 168 valence electrons. The van der Waals surface area contributed by atoms with Gasteiger partial charge in [-0.25, -0.2) is 0 Å². The number of rotatable bonds is 5. The van der Waals surface area contributed by atoms with Crippen molar-refractivity contribution in [1.82, 2.24) is 9.80 Å². The Balaban J connectivity index is 1.40. The van der Waals surface area contributed by atoms with Crippen molar-refractivity contribution in [2.75, 3.05) is 40.4 Å². The Hall–Kier alpha value is -3.48. The SMILES string of the molecule is COc1ccc(C(=O)N2CCN(C(=O)Cc3coc4cc(C)c(C)cc34)CC2)c(OC)c1. The zero-order valence-electron chi connectivity index (χ0n) is 18.9. The fourth-order valence-electron chi connectivity index (χ4n) is 4.05. The largest absolute Gasteiger partial charge is 0.497 e. The van der Waals surface area contributed by atoms with E-state index in [9.17, 15) is 9.59 Å². The Bertz CT molecular complexity index is 1160. The van der Waals surface area contributed by atoms with Crippen molar-refractivity contribution in [3.8, 4) is 11.5 Å². The smallest absolute Gasteiger partial charge is 0.257 e. The van der Waals surface area contributed by atoms with Gasteiger partial charge >= 0.3 is 0 Å². The summed E-state index contributed by atoms with van der Waals surface area (Å²) >= 11 is 0. The van der Waals surface area contributed by atoms with Gasteiger partial charge in [0.05, 0.1) is 32.5 Å². The first-order chi connectivity index (χ1) is 15.4. The maximum atomic E-state index is 13.0. The van der Waals surface area contributed by atoms with Crippen LogP contribution in [0.4, 0.5) is 0 Å². The molecule has 1 fully saturated rings. The number of carbonyl (C=O) groups excluding carboxylic acids is 2. The van der Waals surface area contributed by atoms with Gasteiger partial charge < -0.3 is 23.7 Å². The van der Waals surface area contributed by atoms with Crippen LogP contribution in [0, 0.1) is 13.8 Å². The minimum absolute atomic E-state index is 0.0417. The number of hydrogen-bond acceptors (Lipinski definition) is 5. The molecule has 1 aliphatic heterocycles. The first-order valence-electron chi connectivity index (χ1n) is 10.7. The maximum Gasteiger partial charge on any atom is 0.257 e. The molecule has 2 amide bonds. The highest BCUT2D eigenvalue weighted by Crippen LogP contribution is 2.27. The molecule has 32 heavy (non-hydrogen) atoms. The Morgan fingerprint density at radius 3 is 2.31 bits per heavy atom. The summed E-state index contributed by atoms with van der Waals surface area (Å²) in [4.78, 5) is 29.5. The van der Waals surface area contributed by atoms with E-state index in [2.05, 4.69) is 13.0 Å². The lowest BCUT2D eigenvalue weighted by Gasteiger charge is -2.35. The van der Waals surface area contributed by atoms with Crippen LogP contribution in [0.15, 0.2) is 41.0 Å². The van der Waals surface area contributed by atoms with Gasteiger partial charge in [-0.2, -0.15) is 0 Å². The molecule has 7 heteroatoms. The first kappa shape index (κ1) is 21.7. The van der Waals surface area contributed by atoms with Gasteiger partial charge in [0.25, 0.3) is 5.91 Å². The molecule has 1 saturated heterocycles. The second kappa shape index (κ2) is 8.94. The molecule has 0 unspecified atom stereocenters. The molecule has 0 spiro atoms. The number of hydrogen-bond donors (Lipinski definition) is 0. The summed E-state index contributed by atoms with van der Waals surface area (Å²) in [5.74, 6) is 1.04. The van der Waals surface area contributed by atoms with Crippen molar-refractivity contribution >= 4 is 22.8 Å². The Labute approximate surface area is 187 Å². The summed E-state index contributed by atoms with van der Waals surface area (Å²) in [7, 11) is 3.10. The second-order valence-corrected chi connectivity index (χ2v) is 8.11. The number of amides is 2. The van der Waals surface area contributed by atoms with Crippen LogP contribution in [0.5, 0.6) is 11.5 Å². The summed E-state index contributed by atoms with van der Waals surface area (Å²) in [5.41, 5.74) is 4.53. The zero-order chi connectivity index (χ0) is 22.8. The van der Waals surface area contributed by atoms with Crippen molar-refractivity contribution in [2.45, 2.75) is 20.3 Å². The van der Waals surface area contributed by atoms with E-state index in [-0.39, 0.29) is 18.2 Å². The van der Waals surface area contributed by atoms with Crippen molar-refractivity contribution in [3.05, 3.63) is 58.8 Å². The molecule has 1 aromatic heterocycles. The fraction of sp³-hybridized carbons (Fsp3) is 0.360. The molecule has 7 nitrogen and oxygen atoms in total. The van der Waals surface area contributed by atoms with Crippen molar-refractivity contribution < 1.29 is 23.5 Å². The van der Waals surface area contributed by atoms with Gasteiger partial charge in [-0.3, -0.25) is 9.59 Å². The highest BCUT2D eigenvalue weighted by molar-refractivity contribution is 5.97. The monoisotopic (exact) mass is 436 g/mol. The molecule has 0 N–H and O–H groups in total. The first-order valence-corrected chi connectivity index (χ1v) is 10.7. The highest BCUT2D eigenvalue weighted by Gasteiger charge is 2.27. The van der Waals surface area contributed by atoms with Crippen LogP contribution in [0.1, 0.15) is 27.0 Å². The molecule has 2 heterocycles. The minimum Gasteiger partial charge on any atom is -0.497 e. The number of benzene rings is 2. The number of fused-ring (bicyclic) bond motifs is 1. The van der Waals surface area contributed by atoms with Crippen LogP contribution in [0.2, 0.25) is 0 Å². The lowest BCUT2D eigenvalue weighted by molar-refractivity contribution is -0.131. The standard InChI is InChI=1S/C25H28N2O5/c1-16-11-21-18(15-32-23(21)12-17(16)2)13-24(28)26-7-9-27(10-8-26)25(29)20-6-5-19(30-3)14-22(20)31-4/h5-6,11-12,14-15H,7-10,13H2,1-4H3. The minimum atomic E-state index is -0.108. The van der Waals surface area contributed by atoms with E-state index in [1.54, 1.807) is 36.5 Å². The number of methoxy groups -OCH3 is 2. The molecule has 0 saturated carbocycles. The van der Waals surface area contributed by atoms with E-state index in [1.807, 2.05) is 17.9 Å². The Morgan fingerprint density at radius 2 is 1.62 bits per heavy atom. The summed E-state index contributed by atoms with van der Waals surface area (Å²) in [5, 5.41) is 0.988. The summed E-state index contributed by atoms with van der Waals surface area (Å²) in [6, 6.07) is 9.25. The molecular formula is C25H28N2O5. The van der Waals surface area contributed by atoms with E-state index in [1.165, 1.54) is 18.2 Å². The number of piperazine rings is 1. The predicted octanol–water partition coefficient (Wildman–Crippen LogP) is 3.59. The average molecular weight is 437 g/mol. The third-order valence-corrected chi connectivity index (χ3v) is 6.17. The third kappa shape index (κ3) is 4.15. The number of ether oxygens (including phenoxy) is 2. The maximum absolute atomic E-state index is 13.0. The summed E-state index contributed by atoms with van der Waals surface area (Å²) in [6.45, 7) is 6.05. The van der Waals surface area contributed by atoms with E-state index >= 15 is 0 Å². The van der Waals surface area contributed by atoms with E-state index in [0.717, 1.165) is 16.5 Å². The molecule has 0 radical (unpaired) electrons. The van der Waals surface area contributed by atoms with E-state index in [4.69, 9.17) is 13.9 Å². The van der Waals surface area contributed by atoms with Gasteiger partial charge in [-0.15, -0.1) is 0 Å². The number of nitrogens with zero attached hydrogens (tertiary/aromatic N) is 2. The third-order valence-electron chi connectivity index (χ3n) is 6.17. The van der Waals surface area contributed by atoms with Gasteiger partial charge in [-0.05, 0) is 49.2 Å². The number of carbonyl (C=O) groups is 2. The lowest BCUT2D eigenvalue weighted by Crippen LogP contribution is -2.51. The molecule has 2 aromatic carbocycles. The van der Waals surface area contributed by atoms with Crippen LogP contribution in [0.3, 0.4) is 0 Å². The quantitative estimate of drug-likeness (QED) is 0.611. The second-order valence-electron chi connectivity index (χ2n) is 8.11. The highest BCUT2D eigenvalue weighted by atomic mass is 16.5. The normalized spacial score (nSPS) is 14.0. The average Bonchev–Trinajstić information content (AvgIpc) is 3.19. The van der Waals surface area contributed by atoms with Crippen LogP contribution in [-0.4, -0.2) is 62.0 Å². The molecule has 1 aliphatic rings. The molecular weight excluding hydrogens is 408 g/mol.